The van der Waals surface area contributed by atoms with Gasteiger partial charge in [-0.15, -0.1) is 11.8 Å². The van der Waals surface area contributed by atoms with Gasteiger partial charge in [-0.3, -0.25) is 0 Å². The molecular formula is C14H20BrNOS. The minimum absolute atomic E-state index is 0.0503. The van der Waals surface area contributed by atoms with E-state index in [1.807, 2.05) is 23.9 Å². The molecule has 1 aliphatic rings. The van der Waals surface area contributed by atoms with E-state index in [0.717, 1.165) is 21.5 Å². The van der Waals surface area contributed by atoms with E-state index in [9.17, 15) is 0 Å². The first-order valence-corrected chi connectivity index (χ1v) is 7.79. The van der Waals surface area contributed by atoms with Gasteiger partial charge in [0.05, 0.1) is 11.2 Å². The second-order valence-corrected chi connectivity index (χ2v) is 8.12. The summed E-state index contributed by atoms with van der Waals surface area (Å²) >= 11 is 5.26. The van der Waals surface area contributed by atoms with Gasteiger partial charge in [-0.1, -0.05) is 15.9 Å². The molecule has 100 valence electrons. The quantitative estimate of drug-likeness (QED) is 0.813. The minimum Gasteiger partial charge on any atom is -0.398 e. The van der Waals surface area contributed by atoms with Crippen LogP contribution in [-0.2, 0) is 4.74 Å². The molecule has 2 N–H and O–H groups in total. The molecule has 0 spiro atoms. The lowest BCUT2D eigenvalue weighted by molar-refractivity contribution is -0.0631. The summed E-state index contributed by atoms with van der Waals surface area (Å²) in [6.45, 7) is 8.63. The first-order chi connectivity index (χ1) is 8.20. The molecule has 0 amide bonds. The van der Waals surface area contributed by atoms with Crippen molar-refractivity contribution < 1.29 is 4.74 Å². The number of nitrogens with two attached hydrogens (primary N) is 1. The molecule has 4 heteroatoms. The standard InChI is InChI=1S/C14H20BrNOS/c1-13(2)8-12(14(3,4)17-13)18-11-6-5-9(15)7-10(11)16/h5-7,12H,8,16H2,1-4H3. The number of hydrogen-bond donors (Lipinski definition) is 1. The van der Waals surface area contributed by atoms with E-state index in [1.165, 1.54) is 0 Å². The highest BCUT2D eigenvalue weighted by Crippen LogP contribution is 2.47. The molecule has 1 aromatic rings. The Kier molecular flexibility index (Phi) is 3.74. The Labute approximate surface area is 122 Å². The molecule has 0 aromatic heterocycles. The lowest BCUT2D eigenvalue weighted by atomic mass is 10.0. The van der Waals surface area contributed by atoms with Crippen LogP contribution in [0.3, 0.4) is 0 Å². The van der Waals surface area contributed by atoms with Gasteiger partial charge in [-0.25, -0.2) is 0 Å². The van der Waals surface area contributed by atoms with Crippen molar-refractivity contribution in [2.45, 2.75) is 55.5 Å². The summed E-state index contributed by atoms with van der Waals surface area (Å²) in [6.07, 6.45) is 1.04. The van der Waals surface area contributed by atoms with Crippen LogP contribution in [0.4, 0.5) is 5.69 Å². The first-order valence-electron chi connectivity index (χ1n) is 6.11. The summed E-state index contributed by atoms with van der Waals surface area (Å²) < 4.78 is 7.13. The van der Waals surface area contributed by atoms with E-state index in [0.29, 0.717) is 5.25 Å². The Morgan fingerprint density at radius 3 is 2.50 bits per heavy atom. The van der Waals surface area contributed by atoms with E-state index in [4.69, 9.17) is 10.5 Å². The fourth-order valence-electron chi connectivity index (χ4n) is 2.48. The number of rotatable bonds is 2. The fourth-order valence-corrected chi connectivity index (χ4v) is 4.32. The Hall–Kier alpha value is -0.190. The summed E-state index contributed by atoms with van der Waals surface area (Å²) in [5, 5.41) is 0.427. The smallest absolute Gasteiger partial charge is 0.0756 e. The number of hydrogen-bond acceptors (Lipinski definition) is 3. The van der Waals surface area contributed by atoms with Crippen LogP contribution in [0.15, 0.2) is 27.6 Å². The Morgan fingerprint density at radius 2 is 2.00 bits per heavy atom. The summed E-state index contributed by atoms with van der Waals surface area (Å²) in [5.41, 5.74) is 6.72. The second kappa shape index (κ2) is 4.73. The van der Waals surface area contributed by atoms with E-state index in [2.05, 4.69) is 49.7 Å². The molecule has 0 aliphatic carbocycles. The van der Waals surface area contributed by atoms with E-state index < -0.39 is 0 Å². The summed E-state index contributed by atoms with van der Waals surface area (Å²) in [7, 11) is 0. The van der Waals surface area contributed by atoms with Crippen molar-refractivity contribution in [3.63, 3.8) is 0 Å². The molecule has 1 aromatic carbocycles. The zero-order valence-electron chi connectivity index (χ0n) is 11.3. The SMILES string of the molecule is CC1(C)CC(Sc2ccc(Br)cc2N)C(C)(C)O1. The van der Waals surface area contributed by atoms with Crippen LogP contribution in [0.5, 0.6) is 0 Å². The number of ether oxygens (including phenoxy) is 1. The van der Waals surface area contributed by atoms with Crippen molar-refractivity contribution in [1.29, 1.82) is 0 Å². The average molecular weight is 330 g/mol. The normalized spacial score (nSPS) is 25.3. The second-order valence-electron chi connectivity index (χ2n) is 5.96. The largest absolute Gasteiger partial charge is 0.398 e. The van der Waals surface area contributed by atoms with Crippen molar-refractivity contribution in [2.24, 2.45) is 0 Å². The zero-order chi connectivity index (χ0) is 13.6. The molecule has 1 heterocycles. The van der Waals surface area contributed by atoms with Crippen molar-refractivity contribution in [1.82, 2.24) is 0 Å². The van der Waals surface area contributed by atoms with E-state index in [-0.39, 0.29) is 11.2 Å². The molecular weight excluding hydrogens is 310 g/mol. The molecule has 18 heavy (non-hydrogen) atoms. The molecule has 2 rings (SSSR count). The minimum atomic E-state index is -0.117. The van der Waals surface area contributed by atoms with Crippen LogP contribution >= 0.6 is 27.7 Å². The average Bonchev–Trinajstić information content (AvgIpc) is 2.39. The summed E-state index contributed by atoms with van der Waals surface area (Å²) in [5.74, 6) is 0. The van der Waals surface area contributed by atoms with Crippen molar-refractivity contribution in [2.75, 3.05) is 5.73 Å². The first kappa shape index (κ1) is 14.2. The van der Waals surface area contributed by atoms with Crippen LogP contribution < -0.4 is 5.73 Å². The van der Waals surface area contributed by atoms with Crippen molar-refractivity contribution >= 4 is 33.4 Å². The predicted octanol–water partition coefficient (Wildman–Crippen LogP) is 4.47. The van der Waals surface area contributed by atoms with Crippen LogP contribution in [0.25, 0.3) is 0 Å². The molecule has 1 saturated heterocycles. The number of nitrogen functional groups attached to an aromatic ring is 1. The summed E-state index contributed by atoms with van der Waals surface area (Å²) in [4.78, 5) is 1.14. The number of anilines is 1. The fraction of sp³-hybridized carbons (Fsp3) is 0.571. The highest BCUT2D eigenvalue weighted by atomic mass is 79.9. The zero-order valence-corrected chi connectivity index (χ0v) is 13.7. The third-order valence-electron chi connectivity index (χ3n) is 3.23. The highest BCUT2D eigenvalue weighted by Gasteiger charge is 2.46. The Balaban J connectivity index is 2.19. The van der Waals surface area contributed by atoms with Crippen molar-refractivity contribution in [3.8, 4) is 0 Å². The monoisotopic (exact) mass is 329 g/mol. The van der Waals surface area contributed by atoms with Crippen LogP contribution in [0, 0.1) is 0 Å². The van der Waals surface area contributed by atoms with Gasteiger partial charge < -0.3 is 10.5 Å². The molecule has 0 bridgehead atoms. The van der Waals surface area contributed by atoms with E-state index >= 15 is 0 Å². The lowest BCUT2D eigenvalue weighted by Gasteiger charge is -2.27. The molecule has 2 nitrogen and oxygen atoms in total. The van der Waals surface area contributed by atoms with Crippen molar-refractivity contribution in [3.05, 3.63) is 22.7 Å². The number of benzene rings is 1. The van der Waals surface area contributed by atoms with Gasteiger partial charge in [0.25, 0.3) is 0 Å². The molecule has 1 atom stereocenters. The maximum atomic E-state index is 6.11. The molecule has 0 radical (unpaired) electrons. The summed E-state index contributed by atoms with van der Waals surface area (Å²) in [6, 6.07) is 6.06. The van der Waals surface area contributed by atoms with Gasteiger partial charge in [0.2, 0.25) is 0 Å². The van der Waals surface area contributed by atoms with Crippen LogP contribution in [-0.4, -0.2) is 16.5 Å². The molecule has 1 fully saturated rings. The van der Waals surface area contributed by atoms with Crippen LogP contribution in [0.2, 0.25) is 0 Å². The number of halogens is 1. The number of thioether (sulfide) groups is 1. The van der Waals surface area contributed by atoms with Gasteiger partial charge in [0, 0.05) is 20.3 Å². The maximum absolute atomic E-state index is 6.11. The Bertz CT molecular complexity index is 459. The van der Waals surface area contributed by atoms with E-state index in [1.54, 1.807) is 0 Å². The van der Waals surface area contributed by atoms with Gasteiger partial charge in [0.15, 0.2) is 0 Å². The van der Waals surface area contributed by atoms with Gasteiger partial charge >= 0.3 is 0 Å². The van der Waals surface area contributed by atoms with Gasteiger partial charge in [-0.2, -0.15) is 0 Å². The predicted molar refractivity (Wildman–Crippen MR) is 82.1 cm³/mol. The Morgan fingerprint density at radius 1 is 1.33 bits per heavy atom. The third kappa shape index (κ3) is 3.03. The molecule has 1 unspecified atom stereocenters. The topological polar surface area (TPSA) is 35.2 Å². The third-order valence-corrected chi connectivity index (χ3v) is 5.37. The van der Waals surface area contributed by atoms with Gasteiger partial charge in [0.1, 0.15) is 0 Å². The lowest BCUT2D eigenvalue weighted by Crippen LogP contribution is -2.30. The van der Waals surface area contributed by atoms with Crippen LogP contribution in [0.1, 0.15) is 34.1 Å². The maximum Gasteiger partial charge on any atom is 0.0756 e. The highest BCUT2D eigenvalue weighted by molar-refractivity contribution is 9.10. The molecule has 1 aliphatic heterocycles. The van der Waals surface area contributed by atoms with Gasteiger partial charge in [-0.05, 0) is 52.3 Å². The molecule has 0 saturated carbocycles.